The molecule has 0 saturated carbocycles. The van der Waals surface area contributed by atoms with Gasteiger partial charge in [-0.1, -0.05) is 37.5 Å². The monoisotopic (exact) mass is 237 g/mol. The highest BCUT2D eigenvalue weighted by atomic mass is 35.5. The van der Waals surface area contributed by atoms with Gasteiger partial charge in [0.15, 0.2) is 8.32 Å². The van der Waals surface area contributed by atoms with Gasteiger partial charge in [0.2, 0.25) is 0 Å². The van der Waals surface area contributed by atoms with E-state index in [0.717, 1.165) is 0 Å². The second kappa shape index (κ2) is 5.14. The Morgan fingerprint density at radius 3 is 2.29 bits per heavy atom. The van der Waals surface area contributed by atoms with Crippen molar-refractivity contribution in [3.63, 3.8) is 0 Å². The maximum atomic E-state index is 8.34. The van der Waals surface area contributed by atoms with Crippen molar-refractivity contribution in [2.24, 2.45) is 5.16 Å². The van der Waals surface area contributed by atoms with Crippen molar-refractivity contribution < 1.29 is 9.63 Å². The third-order valence-electron chi connectivity index (χ3n) is 2.69. The number of nitrogens with zero attached hydrogens (tertiary/aromatic N) is 1. The van der Waals surface area contributed by atoms with Gasteiger partial charge in [-0.05, 0) is 18.1 Å². The number of hydrogen-bond acceptors (Lipinski definition) is 3. The quantitative estimate of drug-likeness (QED) is 0.352. The van der Waals surface area contributed by atoms with Crippen LogP contribution in [0.3, 0.4) is 0 Å². The molecular formula is C9H20ClNO2Si. The summed E-state index contributed by atoms with van der Waals surface area (Å²) in [6.45, 7) is 11.4. The summed E-state index contributed by atoms with van der Waals surface area (Å²) in [6.07, 6.45) is 0.477. The fraction of sp³-hybridized carbons (Fsp3) is 0.889. The van der Waals surface area contributed by atoms with Gasteiger partial charge in [-0.2, -0.15) is 0 Å². The molecule has 0 rings (SSSR count). The summed E-state index contributed by atoms with van der Waals surface area (Å²) >= 11 is 5.54. The maximum Gasteiger partial charge on any atom is 0.191 e. The normalized spacial score (nSPS) is 14.6. The summed E-state index contributed by atoms with van der Waals surface area (Å²) in [5.41, 5.74) is 0. The minimum absolute atomic E-state index is 0.198. The van der Waals surface area contributed by atoms with Crippen molar-refractivity contribution in [1.29, 1.82) is 0 Å². The zero-order valence-corrected chi connectivity index (χ0v) is 11.4. The van der Waals surface area contributed by atoms with Crippen LogP contribution in [0.5, 0.6) is 0 Å². The molecule has 0 spiro atoms. The van der Waals surface area contributed by atoms with E-state index in [9.17, 15) is 0 Å². The summed E-state index contributed by atoms with van der Waals surface area (Å²) in [7, 11) is -1.68. The Bertz CT molecular complexity index is 211. The van der Waals surface area contributed by atoms with Crippen LogP contribution >= 0.6 is 11.6 Å². The first kappa shape index (κ1) is 13.9. The van der Waals surface area contributed by atoms with E-state index in [4.69, 9.17) is 21.2 Å². The van der Waals surface area contributed by atoms with Gasteiger partial charge < -0.3 is 9.63 Å². The van der Waals surface area contributed by atoms with Crippen LogP contribution in [-0.2, 0) is 4.43 Å². The molecule has 14 heavy (non-hydrogen) atoms. The minimum Gasteiger partial charge on any atom is -0.416 e. The Morgan fingerprint density at radius 1 is 1.43 bits per heavy atom. The minimum atomic E-state index is -1.68. The Balaban J connectivity index is 4.01. The van der Waals surface area contributed by atoms with E-state index >= 15 is 0 Å². The molecule has 0 aromatic rings. The van der Waals surface area contributed by atoms with Crippen molar-refractivity contribution in [3.05, 3.63) is 0 Å². The van der Waals surface area contributed by atoms with Crippen molar-refractivity contribution in [3.8, 4) is 0 Å². The van der Waals surface area contributed by atoms with E-state index in [1.807, 2.05) is 0 Å². The molecule has 0 atom stereocenters. The van der Waals surface area contributed by atoms with Crippen molar-refractivity contribution in [1.82, 2.24) is 0 Å². The number of hydrogen-bond donors (Lipinski definition) is 1. The van der Waals surface area contributed by atoms with Crippen LogP contribution in [0.1, 0.15) is 27.2 Å². The molecule has 0 aromatic heterocycles. The molecule has 0 bridgehead atoms. The van der Waals surface area contributed by atoms with Gasteiger partial charge in [0.1, 0.15) is 5.17 Å². The molecule has 0 heterocycles. The highest BCUT2D eigenvalue weighted by Crippen LogP contribution is 2.36. The molecule has 0 aliphatic rings. The van der Waals surface area contributed by atoms with Crippen molar-refractivity contribution in [2.75, 3.05) is 6.61 Å². The van der Waals surface area contributed by atoms with E-state index in [2.05, 4.69) is 39.0 Å². The smallest absolute Gasteiger partial charge is 0.191 e. The molecule has 0 saturated heterocycles. The zero-order chi connectivity index (χ0) is 11.4. The lowest BCUT2D eigenvalue weighted by atomic mass is 10.2. The first-order valence-corrected chi connectivity index (χ1v) is 8.00. The average molecular weight is 238 g/mol. The van der Waals surface area contributed by atoms with Gasteiger partial charge >= 0.3 is 0 Å². The molecule has 84 valence electrons. The molecule has 1 N–H and O–H groups in total. The fourth-order valence-electron chi connectivity index (χ4n) is 0.657. The molecule has 0 aliphatic heterocycles. The summed E-state index contributed by atoms with van der Waals surface area (Å²) in [6, 6.07) is 0. The molecule has 0 aliphatic carbocycles. The third kappa shape index (κ3) is 4.44. The van der Waals surface area contributed by atoms with E-state index < -0.39 is 8.32 Å². The molecule has 3 nitrogen and oxygen atoms in total. The van der Waals surface area contributed by atoms with E-state index in [1.54, 1.807) is 0 Å². The Morgan fingerprint density at radius 2 is 1.93 bits per heavy atom. The van der Waals surface area contributed by atoms with Crippen LogP contribution in [0.2, 0.25) is 18.1 Å². The van der Waals surface area contributed by atoms with Gasteiger partial charge in [0, 0.05) is 13.0 Å². The van der Waals surface area contributed by atoms with Crippen LogP contribution in [-0.4, -0.2) is 25.3 Å². The topological polar surface area (TPSA) is 41.8 Å². The lowest BCUT2D eigenvalue weighted by Gasteiger charge is -2.36. The standard InChI is InChI=1S/C9H20ClNO2Si/c1-9(2,3)14(4,5)13-7-6-8(10)11-12/h12H,6-7H2,1-5H3/b11-8+. The second-order valence-corrected chi connectivity index (χ2v) is 10.1. The average Bonchev–Trinajstić information content (AvgIpc) is 2.01. The SMILES string of the molecule is CC(C)(C)[Si](C)(C)OCC/C(Cl)=N\O. The van der Waals surface area contributed by atoms with Crippen LogP contribution < -0.4 is 0 Å². The van der Waals surface area contributed by atoms with Gasteiger partial charge in [-0.15, -0.1) is 0 Å². The Labute approximate surface area is 92.2 Å². The first-order chi connectivity index (χ1) is 6.20. The largest absolute Gasteiger partial charge is 0.416 e. The van der Waals surface area contributed by atoms with Gasteiger partial charge in [0.05, 0.1) is 0 Å². The van der Waals surface area contributed by atoms with Crippen molar-refractivity contribution >= 4 is 25.1 Å². The van der Waals surface area contributed by atoms with Crippen LogP contribution in [0.4, 0.5) is 0 Å². The molecule has 0 unspecified atom stereocenters. The maximum absolute atomic E-state index is 8.34. The fourth-order valence-corrected chi connectivity index (χ4v) is 1.78. The molecule has 0 aromatic carbocycles. The third-order valence-corrected chi connectivity index (χ3v) is 7.49. The lowest BCUT2D eigenvalue weighted by molar-refractivity contribution is 0.291. The van der Waals surface area contributed by atoms with Crippen LogP contribution in [0.15, 0.2) is 5.16 Å². The summed E-state index contributed by atoms with van der Waals surface area (Å²) in [5.74, 6) is 0. The predicted molar refractivity (Wildman–Crippen MR) is 62.8 cm³/mol. The Kier molecular flexibility index (Phi) is 5.12. The van der Waals surface area contributed by atoms with E-state index in [0.29, 0.717) is 13.0 Å². The van der Waals surface area contributed by atoms with E-state index in [-0.39, 0.29) is 10.2 Å². The predicted octanol–water partition coefficient (Wildman–Crippen LogP) is 3.42. The molecule has 5 heteroatoms. The second-order valence-electron chi connectivity index (χ2n) is 4.84. The lowest BCUT2D eigenvalue weighted by Crippen LogP contribution is -2.41. The summed E-state index contributed by atoms with van der Waals surface area (Å²) in [5, 5.41) is 11.6. The Hall–Kier alpha value is -0.0631. The van der Waals surface area contributed by atoms with Crippen LogP contribution in [0.25, 0.3) is 0 Å². The van der Waals surface area contributed by atoms with Gasteiger partial charge in [-0.3, -0.25) is 0 Å². The molecule has 0 radical (unpaired) electrons. The first-order valence-electron chi connectivity index (χ1n) is 4.71. The number of oxime groups is 1. The van der Waals surface area contributed by atoms with Gasteiger partial charge in [-0.25, -0.2) is 0 Å². The van der Waals surface area contributed by atoms with Gasteiger partial charge in [0.25, 0.3) is 0 Å². The highest BCUT2D eigenvalue weighted by molar-refractivity contribution is 6.74. The highest BCUT2D eigenvalue weighted by Gasteiger charge is 2.36. The van der Waals surface area contributed by atoms with Crippen molar-refractivity contribution in [2.45, 2.75) is 45.3 Å². The molecular weight excluding hydrogens is 218 g/mol. The molecule has 0 fully saturated rings. The number of halogens is 1. The molecule has 0 amide bonds. The summed E-state index contributed by atoms with van der Waals surface area (Å²) < 4.78 is 5.83. The van der Waals surface area contributed by atoms with Crippen LogP contribution in [0, 0.1) is 0 Å². The van der Waals surface area contributed by atoms with E-state index in [1.165, 1.54) is 0 Å². The summed E-state index contributed by atoms with van der Waals surface area (Å²) in [4.78, 5) is 0. The zero-order valence-electron chi connectivity index (χ0n) is 9.59. The number of rotatable bonds is 4.